The Morgan fingerprint density at radius 3 is 2.69 bits per heavy atom. The van der Waals surface area contributed by atoms with Crippen LogP contribution in [0.25, 0.3) is 10.9 Å². The number of carbonyl (C=O) groups is 1. The van der Waals surface area contributed by atoms with Gasteiger partial charge in [-0.2, -0.15) is 13.2 Å². The average molecular weight is 229 g/mol. The van der Waals surface area contributed by atoms with Crippen LogP contribution in [0, 0.1) is 0 Å². The molecule has 7 heteroatoms. The van der Waals surface area contributed by atoms with Gasteiger partial charge in [0.2, 0.25) is 0 Å². The molecule has 0 spiro atoms. The number of aromatic nitrogens is 2. The molecule has 0 atom stereocenters. The monoisotopic (exact) mass is 229 g/mol. The maximum Gasteiger partial charge on any atom is 0.418 e. The van der Waals surface area contributed by atoms with E-state index >= 15 is 0 Å². The lowest BCUT2D eigenvalue weighted by Gasteiger charge is -2.02. The van der Waals surface area contributed by atoms with Crippen LogP contribution >= 0.6 is 0 Å². The molecule has 0 aliphatic heterocycles. The molecular weight excluding hydrogens is 223 g/mol. The first kappa shape index (κ1) is 10.5. The van der Waals surface area contributed by atoms with E-state index in [1.165, 1.54) is 12.3 Å². The molecule has 1 amide bonds. The summed E-state index contributed by atoms with van der Waals surface area (Å²) in [6, 6.07) is 0.335. The Bertz CT molecular complexity index is 559. The number of rotatable bonds is 0. The van der Waals surface area contributed by atoms with Crippen LogP contribution in [0.5, 0.6) is 0 Å². The summed E-state index contributed by atoms with van der Waals surface area (Å²) < 4.78 is 38.6. The minimum absolute atomic E-state index is 0.0924. The first-order chi connectivity index (χ1) is 7.41. The number of hydrogen-bond donors (Lipinski definition) is 1. The van der Waals surface area contributed by atoms with Crippen molar-refractivity contribution >= 4 is 16.9 Å². The second-order valence-corrected chi connectivity index (χ2v) is 3.14. The van der Waals surface area contributed by atoms with Crippen LogP contribution in [-0.4, -0.2) is 15.6 Å². The van der Waals surface area contributed by atoms with E-state index in [2.05, 4.69) is 4.98 Å². The van der Waals surface area contributed by atoms with E-state index in [9.17, 15) is 18.0 Å². The van der Waals surface area contributed by atoms with Crippen molar-refractivity contribution in [2.24, 2.45) is 5.73 Å². The molecule has 0 unspecified atom stereocenters. The number of nitrogens with two attached hydrogens (primary N) is 1. The lowest BCUT2D eigenvalue weighted by molar-refractivity contribution is -0.136. The molecule has 2 aromatic heterocycles. The lowest BCUT2D eigenvalue weighted by atomic mass is 10.2. The Balaban J connectivity index is 2.82. The van der Waals surface area contributed by atoms with Gasteiger partial charge in [0.25, 0.3) is 0 Å². The summed E-state index contributed by atoms with van der Waals surface area (Å²) in [5.41, 5.74) is 4.14. The van der Waals surface area contributed by atoms with Gasteiger partial charge in [-0.25, -0.2) is 4.79 Å². The molecule has 2 rings (SSSR count). The summed E-state index contributed by atoms with van der Waals surface area (Å²) in [6.45, 7) is 0. The number of primary amides is 1. The summed E-state index contributed by atoms with van der Waals surface area (Å²) in [5.74, 6) is 0. The minimum Gasteiger partial charge on any atom is -0.351 e. The van der Waals surface area contributed by atoms with Crippen molar-refractivity contribution < 1.29 is 18.0 Å². The second kappa shape index (κ2) is 3.22. The average Bonchev–Trinajstić information content (AvgIpc) is 2.56. The van der Waals surface area contributed by atoms with E-state index < -0.39 is 17.8 Å². The van der Waals surface area contributed by atoms with Gasteiger partial charge < -0.3 is 5.73 Å². The number of amides is 1. The van der Waals surface area contributed by atoms with E-state index in [-0.39, 0.29) is 10.9 Å². The Labute approximate surface area is 87.5 Å². The van der Waals surface area contributed by atoms with Crippen molar-refractivity contribution in [3.05, 3.63) is 30.2 Å². The molecule has 4 nitrogen and oxygen atoms in total. The molecule has 2 N–H and O–H groups in total. The van der Waals surface area contributed by atoms with Gasteiger partial charge in [0.05, 0.1) is 11.1 Å². The van der Waals surface area contributed by atoms with Gasteiger partial charge in [-0.05, 0) is 6.07 Å². The van der Waals surface area contributed by atoms with Crippen molar-refractivity contribution in [3.63, 3.8) is 0 Å². The van der Waals surface area contributed by atoms with E-state index in [0.717, 1.165) is 10.8 Å². The first-order valence-electron chi connectivity index (χ1n) is 4.23. The van der Waals surface area contributed by atoms with Crippen LogP contribution in [0.2, 0.25) is 0 Å². The minimum atomic E-state index is -4.54. The Kier molecular flexibility index (Phi) is 2.11. The van der Waals surface area contributed by atoms with E-state index in [0.29, 0.717) is 6.20 Å². The van der Waals surface area contributed by atoms with Crippen molar-refractivity contribution in [1.82, 2.24) is 9.55 Å². The number of nitrogens with zero attached hydrogens (tertiary/aromatic N) is 2. The fourth-order valence-corrected chi connectivity index (χ4v) is 1.48. The van der Waals surface area contributed by atoms with Crippen molar-refractivity contribution in [3.8, 4) is 0 Å². The van der Waals surface area contributed by atoms with Crippen LogP contribution in [0.15, 0.2) is 24.7 Å². The zero-order valence-corrected chi connectivity index (χ0v) is 7.82. The maximum absolute atomic E-state index is 12.6. The molecule has 0 bridgehead atoms. The van der Waals surface area contributed by atoms with Gasteiger partial charge in [0.1, 0.15) is 0 Å². The number of fused-ring (bicyclic) bond motifs is 1. The molecule has 0 aliphatic carbocycles. The summed E-state index contributed by atoms with van der Waals surface area (Å²) in [7, 11) is 0. The largest absolute Gasteiger partial charge is 0.418 e. The van der Waals surface area contributed by atoms with Gasteiger partial charge >= 0.3 is 12.2 Å². The van der Waals surface area contributed by atoms with E-state index in [4.69, 9.17) is 5.73 Å². The van der Waals surface area contributed by atoms with Crippen LogP contribution in [0.3, 0.4) is 0 Å². The zero-order valence-electron chi connectivity index (χ0n) is 7.82. The Morgan fingerprint density at radius 1 is 1.44 bits per heavy atom. The van der Waals surface area contributed by atoms with Crippen LogP contribution in [0.4, 0.5) is 18.0 Å². The second-order valence-electron chi connectivity index (χ2n) is 3.14. The van der Waals surface area contributed by atoms with Crippen LogP contribution in [-0.2, 0) is 6.18 Å². The SMILES string of the molecule is NC(=O)n1cc(C(F)(F)F)c2cnccc21. The molecule has 0 fully saturated rings. The lowest BCUT2D eigenvalue weighted by Crippen LogP contribution is -2.18. The van der Waals surface area contributed by atoms with E-state index in [1.807, 2.05) is 0 Å². The number of pyridine rings is 1. The quantitative estimate of drug-likeness (QED) is 0.750. The third-order valence-corrected chi connectivity index (χ3v) is 2.15. The summed E-state index contributed by atoms with van der Waals surface area (Å²) >= 11 is 0. The predicted molar refractivity (Wildman–Crippen MR) is 49.7 cm³/mol. The van der Waals surface area contributed by atoms with Gasteiger partial charge in [0, 0.05) is 24.0 Å². The molecule has 0 saturated carbocycles. The zero-order chi connectivity index (χ0) is 11.9. The fraction of sp³-hybridized carbons (Fsp3) is 0.111. The highest BCUT2D eigenvalue weighted by atomic mass is 19.4. The third kappa shape index (κ3) is 1.50. The molecule has 2 heterocycles. The maximum atomic E-state index is 12.6. The highest BCUT2D eigenvalue weighted by Gasteiger charge is 2.35. The first-order valence-corrected chi connectivity index (χ1v) is 4.23. The molecule has 2 aromatic rings. The van der Waals surface area contributed by atoms with Crippen molar-refractivity contribution in [2.45, 2.75) is 6.18 Å². The number of carbonyl (C=O) groups excluding carboxylic acids is 1. The molecule has 16 heavy (non-hydrogen) atoms. The molecule has 0 aromatic carbocycles. The number of alkyl halides is 3. The summed E-state index contributed by atoms with van der Waals surface area (Å²) in [4.78, 5) is 14.5. The highest BCUT2D eigenvalue weighted by Crippen LogP contribution is 2.35. The van der Waals surface area contributed by atoms with Crippen LogP contribution in [0.1, 0.15) is 5.56 Å². The predicted octanol–water partition coefficient (Wildman–Crippen LogP) is 1.98. The highest BCUT2D eigenvalue weighted by molar-refractivity contribution is 5.92. The Hall–Kier alpha value is -2.05. The standard InChI is InChI=1S/C9H6F3N3O/c10-9(11,12)6-4-15(8(13)16)7-1-2-14-3-5(6)7/h1-4H,(H2,13,16). The van der Waals surface area contributed by atoms with Crippen molar-refractivity contribution in [2.75, 3.05) is 0 Å². The molecule has 84 valence electrons. The summed E-state index contributed by atoms with van der Waals surface area (Å²) in [6.07, 6.45) is -1.52. The molecular formula is C9H6F3N3O. The van der Waals surface area contributed by atoms with Crippen LogP contribution < -0.4 is 5.73 Å². The van der Waals surface area contributed by atoms with E-state index in [1.54, 1.807) is 0 Å². The molecule has 0 saturated heterocycles. The molecule has 0 radical (unpaired) electrons. The van der Waals surface area contributed by atoms with Gasteiger partial charge in [-0.1, -0.05) is 0 Å². The van der Waals surface area contributed by atoms with Gasteiger partial charge in [-0.15, -0.1) is 0 Å². The topological polar surface area (TPSA) is 60.9 Å². The number of hydrogen-bond acceptors (Lipinski definition) is 2. The van der Waals surface area contributed by atoms with Gasteiger partial charge in [-0.3, -0.25) is 9.55 Å². The smallest absolute Gasteiger partial charge is 0.351 e. The normalized spacial score (nSPS) is 11.9. The Morgan fingerprint density at radius 2 is 2.12 bits per heavy atom. The molecule has 0 aliphatic rings. The fourth-order valence-electron chi connectivity index (χ4n) is 1.48. The van der Waals surface area contributed by atoms with Gasteiger partial charge in [0.15, 0.2) is 0 Å². The van der Waals surface area contributed by atoms with Crippen molar-refractivity contribution in [1.29, 1.82) is 0 Å². The third-order valence-electron chi connectivity index (χ3n) is 2.15. The summed E-state index contributed by atoms with van der Waals surface area (Å²) in [5, 5.41) is -0.145. The number of halogens is 3.